The normalized spacial score (nSPS) is 24.4. The minimum Gasteiger partial charge on any atom is -0.493 e. The summed E-state index contributed by atoms with van der Waals surface area (Å²) in [5.74, 6) is 1.80. The second-order valence-corrected chi connectivity index (χ2v) is 8.34. The molecule has 0 spiro atoms. The van der Waals surface area contributed by atoms with Crippen molar-refractivity contribution >= 4 is 5.91 Å². The summed E-state index contributed by atoms with van der Waals surface area (Å²) in [6, 6.07) is 6.62. The van der Waals surface area contributed by atoms with Crippen LogP contribution >= 0.6 is 0 Å². The molecule has 1 heterocycles. The summed E-state index contributed by atoms with van der Waals surface area (Å²) in [5, 5.41) is 3.30. The van der Waals surface area contributed by atoms with Crippen molar-refractivity contribution in [2.24, 2.45) is 0 Å². The van der Waals surface area contributed by atoms with E-state index in [0.717, 1.165) is 57.1 Å². The Bertz CT molecular complexity index is 638. The summed E-state index contributed by atoms with van der Waals surface area (Å²) in [6.45, 7) is 7.34. The van der Waals surface area contributed by atoms with Crippen LogP contribution in [0.1, 0.15) is 44.6 Å². The molecule has 3 N–H and O–H groups in total. The van der Waals surface area contributed by atoms with Crippen LogP contribution in [0.15, 0.2) is 18.2 Å². The molecule has 1 aliphatic heterocycles. The number of carbonyl (C=O) groups is 1. The Morgan fingerprint density at radius 2 is 1.75 bits per heavy atom. The first-order chi connectivity index (χ1) is 13.6. The third kappa shape index (κ3) is 5.39. The number of hydrogen-bond donors (Lipinski definition) is 3. The topological polar surface area (TPSA) is 56.4 Å². The Morgan fingerprint density at radius 3 is 2.39 bits per heavy atom. The maximum absolute atomic E-state index is 12.6. The zero-order chi connectivity index (χ0) is 19.9. The molecule has 0 unspecified atom stereocenters. The van der Waals surface area contributed by atoms with Crippen molar-refractivity contribution in [3.8, 4) is 11.5 Å². The van der Waals surface area contributed by atoms with Gasteiger partial charge in [0.05, 0.1) is 14.2 Å². The smallest absolute Gasteiger partial charge is 0.278 e. The van der Waals surface area contributed by atoms with E-state index in [1.807, 2.05) is 6.07 Å². The van der Waals surface area contributed by atoms with E-state index in [4.69, 9.17) is 9.47 Å². The highest BCUT2D eigenvalue weighted by molar-refractivity contribution is 5.80. The van der Waals surface area contributed by atoms with E-state index in [1.165, 1.54) is 29.7 Å². The Labute approximate surface area is 169 Å². The van der Waals surface area contributed by atoms with Crippen LogP contribution in [0.5, 0.6) is 11.5 Å². The third-order valence-electron chi connectivity index (χ3n) is 6.46. The van der Waals surface area contributed by atoms with Crippen molar-refractivity contribution in [2.75, 3.05) is 40.4 Å². The standard InChI is InChI=1S/C22H35N3O3/c1-17(22(26)23-19-7-5-4-6-8-19)25-13-11-24(12-14-25)16-18-9-10-20(27-2)21(15-18)28-3/h9-10,15,17,19H,4-8,11-14,16H2,1-3H3,(H,23,26)/p+2/t17-/m1/s1. The number of quaternary nitrogens is 2. The highest BCUT2D eigenvalue weighted by atomic mass is 16.5. The van der Waals surface area contributed by atoms with Crippen molar-refractivity contribution in [2.45, 2.75) is 57.7 Å². The number of benzene rings is 1. The largest absolute Gasteiger partial charge is 0.493 e. The van der Waals surface area contributed by atoms with Crippen LogP contribution in [-0.2, 0) is 11.3 Å². The lowest BCUT2D eigenvalue weighted by Gasteiger charge is -2.33. The molecule has 2 aliphatic rings. The van der Waals surface area contributed by atoms with E-state index in [-0.39, 0.29) is 11.9 Å². The van der Waals surface area contributed by atoms with Gasteiger partial charge in [0.1, 0.15) is 32.7 Å². The van der Waals surface area contributed by atoms with Crippen molar-refractivity contribution in [1.82, 2.24) is 5.32 Å². The van der Waals surface area contributed by atoms with Crippen LogP contribution < -0.4 is 24.6 Å². The van der Waals surface area contributed by atoms with Crippen LogP contribution in [0, 0.1) is 0 Å². The molecule has 156 valence electrons. The van der Waals surface area contributed by atoms with Crippen LogP contribution in [0.4, 0.5) is 0 Å². The minimum atomic E-state index is 0.0459. The van der Waals surface area contributed by atoms with Gasteiger partial charge in [-0.15, -0.1) is 0 Å². The fourth-order valence-corrected chi connectivity index (χ4v) is 4.57. The van der Waals surface area contributed by atoms with E-state index < -0.39 is 0 Å². The second-order valence-electron chi connectivity index (χ2n) is 8.34. The Balaban J connectivity index is 1.46. The van der Waals surface area contributed by atoms with Gasteiger partial charge in [-0.3, -0.25) is 4.79 Å². The van der Waals surface area contributed by atoms with E-state index in [1.54, 1.807) is 19.1 Å². The summed E-state index contributed by atoms with van der Waals surface area (Å²) in [6.07, 6.45) is 6.13. The fourth-order valence-electron chi connectivity index (χ4n) is 4.57. The molecular formula is C22H37N3O3+2. The maximum Gasteiger partial charge on any atom is 0.278 e. The molecule has 1 atom stereocenters. The number of hydrogen-bond acceptors (Lipinski definition) is 3. The van der Waals surface area contributed by atoms with Gasteiger partial charge in [0.2, 0.25) is 0 Å². The molecule has 2 fully saturated rings. The lowest BCUT2D eigenvalue weighted by Crippen LogP contribution is -3.29. The van der Waals surface area contributed by atoms with Gasteiger partial charge < -0.3 is 24.6 Å². The number of amides is 1. The molecule has 0 radical (unpaired) electrons. The quantitative estimate of drug-likeness (QED) is 0.605. The Morgan fingerprint density at radius 1 is 1.07 bits per heavy atom. The molecule has 1 saturated carbocycles. The summed E-state index contributed by atoms with van der Waals surface area (Å²) >= 11 is 0. The van der Waals surface area contributed by atoms with Crippen LogP contribution in [-0.4, -0.2) is 58.4 Å². The maximum atomic E-state index is 12.6. The monoisotopic (exact) mass is 391 g/mol. The van der Waals surface area contributed by atoms with Gasteiger partial charge in [0.15, 0.2) is 17.5 Å². The number of methoxy groups -OCH3 is 2. The Hall–Kier alpha value is -1.79. The zero-order valence-corrected chi connectivity index (χ0v) is 17.7. The van der Waals surface area contributed by atoms with Crippen LogP contribution in [0.3, 0.4) is 0 Å². The molecule has 28 heavy (non-hydrogen) atoms. The van der Waals surface area contributed by atoms with Crippen molar-refractivity contribution in [1.29, 1.82) is 0 Å². The van der Waals surface area contributed by atoms with Gasteiger partial charge in [0.25, 0.3) is 5.91 Å². The average Bonchev–Trinajstić information content (AvgIpc) is 2.74. The first-order valence-corrected chi connectivity index (χ1v) is 10.8. The van der Waals surface area contributed by atoms with Crippen molar-refractivity contribution < 1.29 is 24.1 Å². The van der Waals surface area contributed by atoms with Gasteiger partial charge in [-0.2, -0.15) is 0 Å². The molecule has 1 aliphatic carbocycles. The average molecular weight is 392 g/mol. The summed E-state index contributed by atoms with van der Waals surface area (Å²) in [4.78, 5) is 15.6. The molecule has 3 rings (SSSR count). The molecular weight excluding hydrogens is 354 g/mol. The van der Waals surface area contributed by atoms with Crippen LogP contribution in [0.2, 0.25) is 0 Å². The first-order valence-electron chi connectivity index (χ1n) is 10.8. The predicted molar refractivity (Wildman–Crippen MR) is 109 cm³/mol. The molecule has 6 heteroatoms. The molecule has 6 nitrogen and oxygen atoms in total. The lowest BCUT2D eigenvalue weighted by atomic mass is 9.95. The van der Waals surface area contributed by atoms with Gasteiger partial charge in [-0.05, 0) is 38.0 Å². The van der Waals surface area contributed by atoms with E-state index >= 15 is 0 Å². The summed E-state index contributed by atoms with van der Waals surface area (Å²) in [7, 11) is 3.34. The molecule has 1 saturated heterocycles. The van der Waals surface area contributed by atoms with E-state index in [0.29, 0.717) is 6.04 Å². The van der Waals surface area contributed by atoms with Gasteiger partial charge in [-0.25, -0.2) is 0 Å². The van der Waals surface area contributed by atoms with Gasteiger partial charge in [0, 0.05) is 11.6 Å². The highest BCUT2D eigenvalue weighted by Crippen LogP contribution is 2.27. The molecule has 1 amide bonds. The number of piperazine rings is 1. The van der Waals surface area contributed by atoms with Crippen molar-refractivity contribution in [3.63, 3.8) is 0 Å². The molecule has 1 aromatic carbocycles. The fraction of sp³-hybridized carbons (Fsp3) is 0.682. The molecule has 0 aromatic heterocycles. The number of ether oxygens (including phenoxy) is 2. The van der Waals surface area contributed by atoms with Gasteiger partial charge in [-0.1, -0.05) is 19.3 Å². The second kappa shape index (κ2) is 10.1. The summed E-state index contributed by atoms with van der Waals surface area (Å²) in [5.41, 5.74) is 1.26. The number of nitrogens with one attached hydrogen (secondary N) is 3. The summed E-state index contributed by atoms with van der Waals surface area (Å²) < 4.78 is 10.7. The van der Waals surface area contributed by atoms with Gasteiger partial charge >= 0.3 is 0 Å². The highest BCUT2D eigenvalue weighted by Gasteiger charge is 2.32. The number of carbonyl (C=O) groups excluding carboxylic acids is 1. The Kier molecular flexibility index (Phi) is 7.57. The molecule has 0 bridgehead atoms. The predicted octanol–water partition coefficient (Wildman–Crippen LogP) is -0.175. The minimum absolute atomic E-state index is 0.0459. The van der Waals surface area contributed by atoms with Crippen molar-refractivity contribution in [3.05, 3.63) is 23.8 Å². The first kappa shape index (κ1) is 20.9. The SMILES string of the molecule is COc1ccc(C[NH+]2CC[NH+]([C@H](C)C(=O)NC3CCCCC3)CC2)cc1OC. The van der Waals surface area contributed by atoms with Crippen LogP contribution in [0.25, 0.3) is 0 Å². The zero-order valence-electron chi connectivity index (χ0n) is 17.7. The number of rotatable bonds is 7. The van der Waals surface area contributed by atoms with E-state index in [2.05, 4.69) is 24.4 Å². The van der Waals surface area contributed by atoms with E-state index in [9.17, 15) is 4.79 Å². The third-order valence-corrected chi connectivity index (χ3v) is 6.46. The lowest BCUT2D eigenvalue weighted by molar-refractivity contribution is -1.02. The molecule has 1 aromatic rings.